The Labute approximate surface area is 236 Å². The molecule has 0 aliphatic carbocycles. The zero-order valence-electron chi connectivity index (χ0n) is 22.2. The number of anilines is 1. The van der Waals surface area contributed by atoms with E-state index in [4.69, 9.17) is 16.3 Å². The molecule has 212 valence electrons. The number of rotatable bonds is 10. The maximum absolute atomic E-state index is 13.9. The van der Waals surface area contributed by atoms with E-state index >= 15 is 0 Å². The minimum Gasteiger partial charge on any atom is -0.447 e. The van der Waals surface area contributed by atoms with Crippen LogP contribution in [0.5, 0.6) is 0 Å². The van der Waals surface area contributed by atoms with Crippen molar-refractivity contribution in [3.05, 3.63) is 71.1 Å². The molecule has 0 spiro atoms. The molecule has 1 aliphatic rings. The van der Waals surface area contributed by atoms with Crippen LogP contribution >= 0.6 is 11.6 Å². The first-order chi connectivity index (χ1) is 19.3. The third kappa shape index (κ3) is 7.87. The van der Waals surface area contributed by atoms with Crippen molar-refractivity contribution in [2.45, 2.75) is 32.4 Å². The normalized spacial score (nSPS) is 14.0. The first kappa shape index (κ1) is 29.2. The van der Waals surface area contributed by atoms with E-state index in [2.05, 4.69) is 21.0 Å². The van der Waals surface area contributed by atoms with E-state index in [1.54, 1.807) is 23.2 Å². The quantitative estimate of drug-likeness (QED) is 0.318. The Morgan fingerprint density at radius 2 is 1.90 bits per heavy atom. The zero-order chi connectivity index (χ0) is 28.5. The molecule has 40 heavy (non-hydrogen) atoms. The molecule has 0 radical (unpaired) electrons. The number of carbonyl (C=O) groups is 3. The lowest BCUT2D eigenvalue weighted by Gasteiger charge is -2.32. The van der Waals surface area contributed by atoms with Crippen molar-refractivity contribution in [3.8, 4) is 0 Å². The molecule has 1 aliphatic heterocycles. The van der Waals surface area contributed by atoms with Crippen molar-refractivity contribution in [1.29, 1.82) is 0 Å². The van der Waals surface area contributed by atoms with Crippen LogP contribution in [0.3, 0.4) is 0 Å². The summed E-state index contributed by atoms with van der Waals surface area (Å²) in [6.45, 7) is 3.85. The molecule has 4 rings (SSSR count). The molecule has 3 amide bonds. The first-order valence-electron chi connectivity index (χ1n) is 13.0. The maximum Gasteiger partial charge on any atom is 0.412 e. The number of piperazine rings is 1. The molecule has 1 aromatic heterocycles. The summed E-state index contributed by atoms with van der Waals surface area (Å²) in [7, 11) is 0. The summed E-state index contributed by atoms with van der Waals surface area (Å²) < 4.78 is 19.4. The molecule has 1 fully saturated rings. The van der Waals surface area contributed by atoms with Crippen molar-refractivity contribution >= 4 is 46.1 Å². The van der Waals surface area contributed by atoms with Crippen LogP contribution in [-0.4, -0.2) is 71.6 Å². The largest absolute Gasteiger partial charge is 0.447 e. The van der Waals surface area contributed by atoms with Gasteiger partial charge in [0.1, 0.15) is 18.2 Å². The molecule has 1 atom stereocenters. The van der Waals surface area contributed by atoms with Crippen LogP contribution in [0, 0.1) is 5.82 Å². The van der Waals surface area contributed by atoms with Gasteiger partial charge in [-0.25, -0.2) is 19.6 Å². The van der Waals surface area contributed by atoms with Gasteiger partial charge in [-0.2, -0.15) is 0 Å². The molecule has 0 bridgehead atoms. The number of fused-ring (bicyclic) bond motifs is 1. The molecular formula is C28H32ClFN6O4. The SMILES string of the molecule is CC(=O)N(NCc1cccc(F)c1Cl)[C@@H](CCC(=O)N1CCNCC1)COC(=O)Nc1cc2ccccc2cn1. The van der Waals surface area contributed by atoms with E-state index in [0.717, 1.165) is 23.9 Å². The Hall–Kier alpha value is -3.80. The van der Waals surface area contributed by atoms with Crippen LogP contribution in [0.25, 0.3) is 10.8 Å². The number of hydrogen-bond acceptors (Lipinski definition) is 7. The summed E-state index contributed by atoms with van der Waals surface area (Å²) in [5, 5.41) is 8.89. The van der Waals surface area contributed by atoms with Crippen LogP contribution in [0.1, 0.15) is 25.3 Å². The Morgan fingerprint density at radius 1 is 1.15 bits per heavy atom. The number of amides is 3. The predicted octanol–water partition coefficient (Wildman–Crippen LogP) is 3.71. The van der Waals surface area contributed by atoms with Gasteiger partial charge in [-0.1, -0.05) is 48.0 Å². The van der Waals surface area contributed by atoms with Crippen molar-refractivity contribution < 1.29 is 23.5 Å². The summed E-state index contributed by atoms with van der Waals surface area (Å²) in [5.74, 6) is -0.674. The van der Waals surface area contributed by atoms with Gasteiger partial charge < -0.3 is 15.0 Å². The van der Waals surface area contributed by atoms with Crippen molar-refractivity contribution in [2.24, 2.45) is 0 Å². The monoisotopic (exact) mass is 570 g/mol. The van der Waals surface area contributed by atoms with Crippen molar-refractivity contribution in [3.63, 3.8) is 0 Å². The smallest absolute Gasteiger partial charge is 0.412 e. The number of hydrazine groups is 1. The van der Waals surface area contributed by atoms with Crippen LogP contribution in [-0.2, 0) is 20.9 Å². The highest BCUT2D eigenvalue weighted by Gasteiger charge is 2.26. The first-order valence-corrected chi connectivity index (χ1v) is 13.4. The van der Waals surface area contributed by atoms with Gasteiger partial charge in [0, 0.05) is 57.7 Å². The summed E-state index contributed by atoms with van der Waals surface area (Å²) in [6.07, 6.45) is 1.27. The van der Waals surface area contributed by atoms with Gasteiger partial charge in [-0.3, -0.25) is 19.9 Å². The Kier molecular flexibility index (Phi) is 10.2. The lowest BCUT2D eigenvalue weighted by Crippen LogP contribution is -2.51. The van der Waals surface area contributed by atoms with Gasteiger partial charge in [0.25, 0.3) is 0 Å². The number of pyridine rings is 1. The van der Waals surface area contributed by atoms with Crippen molar-refractivity contribution in [2.75, 3.05) is 38.1 Å². The minimum absolute atomic E-state index is 0.0472. The second-order valence-corrected chi connectivity index (χ2v) is 9.78. The third-order valence-electron chi connectivity index (χ3n) is 6.60. The highest BCUT2D eigenvalue weighted by atomic mass is 35.5. The number of benzene rings is 2. The molecular weight excluding hydrogens is 539 g/mol. The van der Waals surface area contributed by atoms with Gasteiger partial charge in [-0.05, 0) is 29.5 Å². The van der Waals surface area contributed by atoms with E-state index in [1.807, 2.05) is 24.3 Å². The topological polar surface area (TPSA) is 116 Å². The van der Waals surface area contributed by atoms with Gasteiger partial charge in [0.2, 0.25) is 11.8 Å². The molecule has 3 aromatic rings. The Bertz CT molecular complexity index is 1350. The Balaban J connectivity index is 1.43. The number of nitrogens with zero attached hydrogens (tertiary/aromatic N) is 3. The summed E-state index contributed by atoms with van der Waals surface area (Å²) in [5.41, 5.74) is 3.42. The zero-order valence-corrected chi connectivity index (χ0v) is 22.9. The number of nitrogens with one attached hydrogen (secondary N) is 3. The minimum atomic E-state index is -0.752. The lowest BCUT2D eigenvalue weighted by molar-refractivity contribution is -0.138. The Morgan fingerprint density at radius 3 is 2.65 bits per heavy atom. The second-order valence-electron chi connectivity index (χ2n) is 9.40. The van der Waals surface area contributed by atoms with E-state index in [0.29, 0.717) is 24.5 Å². The van der Waals surface area contributed by atoms with Gasteiger partial charge >= 0.3 is 6.09 Å². The fourth-order valence-corrected chi connectivity index (χ4v) is 4.66. The molecule has 10 nitrogen and oxygen atoms in total. The van der Waals surface area contributed by atoms with Gasteiger partial charge in [0.15, 0.2) is 0 Å². The number of halogens is 2. The number of aromatic nitrogens is 1. The highest BCUT2D eigenvalue weighted by Crippen LogP contribution is 2.20. The molecule has 2 aromatic carbocycles. The van der Waals surface area contributed by atoms with Gasteiger partial charge in [-0.15, -0.1) is 0 Å². The summed E-state index contributed by atoms with van der Waals surface area (Å²) >= 11 is 6.08. The average molecular weight is 571 g/mol. The maximum atomic E-state index is 13.9. The molecule has 0 unspecified atom stereocenters. The number of carbonyl (C=O) groups excluding carboxylic acids is 3. The average Bonchev–Trinajstić information content (AvgIpc) is 2.96. The summed E-state index contributed by atoms with van der Waals surface area (Å²) in [6, 6.07) is 13.0. The summed E-state index contributed by atoms with van der Waals surface area (Å²) in [4.78, 5) is 44.1. The standard InChI is InChI=1S/C28H32ClFN6O4/c1-19(37)36(33-17-22-7-4-8-24(30)27(22)29)23(9-10-26(38)35-13-11-31-12-14-35)18-40-28(39)34-25-15-20-5-2-3-6-21(20)16-32-25/h2-8,15-16,23,31,33H,9-14,17-18H2,1H3,(H,32,34,39)/t23-/m0/s1. The molecule has 1 saturated heterocycles. The van der Waals surface area contributed by atoms with Crippen molar-refractivity contribution in [1.82, 2.24) is 25.6 Å². The van der Waals surface area contributed by atoms with E-state index in [9.17, 15) is 18.8 Å². The highest BCUT2D eigenvalue weighted by molar-refractivity contribution is 6.31. The van der Waals surface area contributed by atoms with E-state index in [1.165, 1.54) is 24.1 Å². The third-order valence-corrected chi connectivity index (χ3v) is 7.03. The van der Waals surface area contributed by atoms with Crippen LogP contribution in [0.4, 0.5) is 15.0 Å². The van der Waals surface area contributed by atoms with E-state index in [-0.39, 0.29) is 42.8 Å². The number of hydrogen-bond donors (Lipinski definition) is 3. The van der Waals surface area contributed by atoms with Crippen LogP contribution < -0.4 is 16.1 Å². The van der Waals surface area contributed by atoms with Crippen LogP contribution in [0.2, 0.25) is 5.02 Å². The fraction of sp³-hybridized carbons (Fsp3) is 0.357. The number of ether oxygens (including phenoxy) is 1. The molecule has 2 heterocycles. The second kappa shape index (κ2) is 14.0. The molecule has 12 heteroatoms. The molecule has 3 N–H and O–H groups in total. The van der Waals surface area contributed by atoms with E-state index < -0.39 is 18.0 Å². The fourth-order valence-electron chi connectivity index (χ4n) is 4.47. The van der Waals surface area contributed by atoms with Crippen LogP contribution in [0.15, 0.2) is 54.7 Å². The lowest BCUT2D eigenvalue weighted by atomic mass is 10.1. The van der Waals surface area contributed by atoms with Gasteiger partial charge in [0.05, 0.1) is 11.1 Å². The molecule has 0 saturated carbocycles. The predicted molar refractivity (Wildman–Crippen MR) is 150 cm³/mol.